The summed E-state index contributed by atoms with van der Waals surface area (Å²) in [7, 11) is 1.48. The van der Waals surface area contributed by atoms with E-state index in [2.05, 4.69) is 5.32 Å². The molecule has 0 radical (unpaired) electrons. The van der Waals surface area contributed by atoms with Crippen LogP contribution in [-0.2, 0) is 22.2 Å². The van der Waals surface area contributed by atoms with Gasteiger partial charge in [-0.1, -0.05) is 24.3 Å². The van der Waals surface area contributed by atoms with E-state index in [1.54, 1.807) is 31.2 Å². The molecule has 9 nitrogen and oxygen atoms in total. The van der Waals surface area contributed by atoms with Crippen molar-refractivity contribution in [3.8, 4) is 5.75 Å². The molecule has 0 aliphatic carbocycles. The molecule has 3 aromatic carbocycles. The van der Waals surface area contributed by atoms with Crippen molar-refractivity contribution in [2.24, 2.45) is 0 Å². The Balaban J connectivity index is 1.73. The number of anilines is 1. The molecule has 4 aromatic rings. The van der Waals surface area contributed by atoms with Gasteiger partial charge in [-0.3, -0.25) is 10.1 Å². The van der Waals surface area contributed by atoms with Gasteiger partial charge < -0.3 is 24.5 Å². The number of phenolic OH excluding ortho intramolecular Hbond substituents is 1. The third-order valence-electron chi connectivity index (χ3n) is 6.20. The average molecular weight is 531 g/mol. The number of methoxy groups -OCH3 is 1. The van der Waals surface area contributed by atoms with Crippen LogP contribution < -0.4 is 5.32 Å². The van der Waals surface area contributed by atoms with Crippen molar-refractivity contribution >= 4 is 39.0 Å². The van der Waals surface area contributed by atoms with Gasteiger partial charge in [-0.2, -0.15) is 13.2 Å². The number of hydrogen-bond acceptors (Lipinski definition) is 7. The fraction of sp³-hybridized carbons (Fsp3) is 0.269. The number of carbonyl (C=O) groups is 1. The third-order valence-corrected chi connectivity index (χ3v) is 6.20. The molecular weight excluding hydrogens is 507 g/mol. The normalized spacial score (nSPS) is 11.7. The first kappa shape index (κ1) is 26.7. The van der Waals surface area contributed by atoms with Crippen LogP contribution >= 0.6 is 0 Å². The summed E-state index contributed by atoms with van der Waals surface area (Å²) in [5, 5.41) is 26.6. The number of carbonyl (C=O) groups excluding carboxylic acids is 1. The van der Waals surface area contributed by atoms with Crippen LogP contribution in [0.1, 0.15) is 21.6 Å². The first-order valence-electron chi connectivity index (χ1n) is 11.5. The monoisotopic (exact) mass is 531 g/mol. The molecule has 0 bridgehead atoms. The molecule has 2 N–H and O–H groups in total. The van der Waals surface area contributed by atoms with Crippen LogP contribution in [0.3, 0.4) is 0 Å². The number of aromatic nitrogens is 1. The number of benzene rings is 3. The number of rotatable bonds is 9. The van der Waals surface area contributed by atoms with Crippen molar-refractivity contribution in [3.63, 3.8) is 0 Å². The largest absolute Gasteiger partial charge is 0.507 e. The summed E-state index contributed by atoms with van der Waals surface area (Å²) in [6, 6.07) is 10.8. The van der Waals surface area contributed by atoms with Crippen molar-refractivity contribution in [1.29, 1.82) is 0 Å². The smallest absolute Gasteiger partial charge is 0.416 e. The molecule has 0 fully saturated rings. The number of nitrogens with one attached hydrogen (secondary N) is 1. The lowest BCUT2D eigenvalue weighted by Gasteiger charge is -2.13. The summed E-state index contributed by atoms with van der Waals surface area (Å²) in [6.45, 7) is 2.22. The lowest BCUT2D eigenvalue weighted by molar-refractivity contribution is -0.384. The Morgan fingerprint density at radius 1 is 1.11 bits per heavy atom. The Hall–Kier alpha value is -4.32. The summed E-state index contributed by atoms with van der Waals surface area (Å²) in [6.07, 6.45) is -4.72. The predicted molar refractivity (Wildman–Crippen MR) is 135 cm³/mol. The van der Waals surface area contributed by atoms with Gasteiger partial charge in [0, 0.05) is 48.1 Å². The molecule has 0 spiro atoms. The first-order chi connectivity index (χ1) is 18.0. The summed E-state index contributed by atoms with van der Waals surface area (Å²) >= 11 is 0. The summed E-state index contributed by atoms with van der Waals surface area (Å²) in [4.78, 5) is 23.5. The molecule has 4 rings (SSSR count). The fourth-order valence-corrected chi connectivity index (χ4v) is 4.46. The quantitative estimate of drug-likeness (QED) is 0.124. The summed E-state index contributed by atoms with van der Waals surface area (Å²) in [5.74, 6) is -0.626. The van der Waals surface area contributed by atoms with Crippen molar-refractivity contribution in [2.75, 3.05) is 32.2 Å². The van der Waals surface area contributed by atoms with Gasteiger partial charge in [0.05, 0.1) is 28.2 Å². The molecule has 0 aliphatic heterocycles. The molecule has 1 heterocycles. The zero-order valence-corrected chi connectivity index (χ0v) is 20.5. The number of fused-ring (bicyclic) bond motifs is 3. The van der Waals surface area contributed by atoms with Gasteiger partial charge in [0.25, 0.3) is 5.69 Å². The molecule has 0 saturated heterocycles. The van der Waals surface area contributed by atoms with E-state index in [9.17, 15) is 33.2 Å². The van der Waals surface area contributed by atoms with Gasteiger partial charge >= 0.3 is 12.1 Å². The van der Waals surface area contributed by atoms with Crippen LogP contribution in [0.4, 0.5) is 24.5 Å². The maximum absolute atomic E-state index is 13.0. The van der Waals surface area contributed by atoms with Crippen molar-refractivity contribution < 1.29 is 37.5 Å². The molecule has 200 valence electrons. The van der Waals surface area contributed by atoms with Crippen molar-refractivity contribution in [2.45, 2.75) is 19.6 Å². The fourth-order valence-electron chi connectivity index (χ4n) is 4.46. The van der Waals surface area contributed by atoms with E-state index in [0.29, 0.717) is 33.4 Å². The maximum atomic E-state index is 13.0. The Morgan fingerprint density at radius 3 is 2.47 bits per heavy atom. The highest BCUT2D eigenvalue weighted by atomic mass is 19.4. The van der Waals surface area contributed by atoms with E-state index in [4.69, 9.17) is 9.47 Å². The van der Waals surface area contributed by atoms with E-state index >= 15 is 0 Å². The van der Waals surface area contributed by atoms with E-state index < -0.39 is 28.3 Å². The number of nitro groups is 1. The number of esters is 1. The van der Waals surface area contributed by atoms with Gasteiger partial charge in [0.2, 0.25) is 0 Å². The molecule has 0 aliphatic rings. The SMILES string of the molecule is COCCOC(=O)c1c(C)n(CCNc2ccc(C(F)(F)F)cc2[N+](=O)[O-])c2c1cc(O)c1ccccc12. The molecule has 1 aromatic heterocycles. The van der Waals surface area contributed by atoms with Crippen molar-refractivity contribution in [1.82, 2.24) is 4.57 Å². The lowest BCUT2D eigenvalue weighted by atomic mass is 10.0. The molecule has 0 amide bonds. The Kier molecular flexibility index (Phi) is 7.44. The standard InChI is InChI=1S/C26H24F3N3O6/c1-15-23(25(34)38-12-11-37-2)19-14-22(33)17-5-3-4-6-18(17)24(19)31(15)10-9-30-20-8-7-16(26(27,28)29)13-21(20)32(35)36/h3-8,13-14,30,33H,9-12H2,1-2H3. The molecule has 0 saturated carbocycles. The minimum Gasteiger partial charge on any atom is -0.507 e. The minimum atomic E-state index is -4.72. The molecule has 0 atom stereocenters. The van der Waals surface area contributed by atoms with Gasteiger partial charge in [-0.25, -0.2) is 4.79 Å². The van der Waals surface area contributed by atoms with Crippen LogP contribution in [0, 0.1) is 17.0 Å². The van der Waals surface area contributed by atoms with Crippen molar-refractivity contribution in [3.05, 3.63) is 75.5 Å². The number of halogens is 3. The third kappa shape index (κ3) is 5.07. The van der Waals surface area contributed by atoms with Crippen LogP contribution in [0.5, 0.6) is 5.75 Å². The molecule has 12 heteroatoms. The summed E-state index contributed by atoms with van der Waals surface area (Å²) < 4.78 is 51.2. The Morgan fingerprint density at radius 2 is 1.82 bits per heavy atom. The summed E-state index contributed by atoms with van der Waals surface area (Å²) in [5.41, 5.74) is -0.478. The maximum Gasteiger partial charge on any atom is 0.416 e. The lowest BCUT2D eigenvalue weighted by Crippen LogP contribution is -2.15. The number of phenols is 1. The van der Waals surface area contributed by atoms with E-state index in [0.717, 1.165) is 12.1 Å². The highest BCUT2D eigenvalue weighted by molar-refractivity contribution is 6.16. The van der Waals surface area contributed by atoms with Gasteiger partial charge in [0.1, 0.15) is 18.0 Å². The second-order valence-corrected chi connectivity index (χ2v) is 8.49. The van der Waals surface area contributed by atoms with E-state index in [1.807, 2.05) is 4.57 Å². The second kappa shape index (κ2) is 10.6. The van der Waals surface area contributed by atoms with E-state index in [-0.39, 0.29) is 43.3 Å². The molecular formula is C26H24F3N3O6. The Labute approximate surface area is 214 Å². The number of nitrogens with zero attached hydrogens (tertiary/aromatic N) is 2. The number of ether oxygens (including phenoxy) is 2. The zero-order chi connectivity index (χ0) is 27.6. The number of hydrogen-bond donors (Lipinski definition) is 2. The predicted octanol–water partition coefficient (Wildman–Crippen LogP) is 5.65. The topological polar surface area (TPSA) is 116 Å². The number of nitro benzene ring substituents is 1. The Bertz CT molecular complexity index is 1530. The minimum absolute atomic E-state index is 0.0188. The van der Waals surface area contributed by atoms with Gasteiger partial charge in [-0.05, 0) is 25.1 Å². The van der Waals surface area contributed by atoms with Gasteiger partial charge in [0.15, 0.2) is 0 Å². The highest BCUT2D eigenvalue weighted by Gasteiger charge is 2.33. The highest BCUT2D eigenvalue weighted by Crippen LogP contribution is 2.38. The average Bonchev–Trinajstić information content (AvgIpc) is 3.14. The van der Waals surface area contributed by atoms with Crippen LogP contribution in [0.25, 0.3) is 21.7 Å². The number of alkyl halides is 3. The molecule has 0 unspecified atom stereocenters. The van der Waals surface area contributed by atoms with E-state index in [1.165, 1.54) is 13.2 Å². The first-order valence-corrected chi connectivity index (χ1v) is 11.5. The second-order valence-electron chi connectivity index (χ2n) is 8.49. The van der Waals surface area contributed by atoms with Crippen LogP contribution in [0.15, 0.2) is 48.5 Å². The van der Waals surface area contributed by atoms with Crippen LogP contribution in [-0.4, -0.2) is 47.4 Å². The number of aromatic hydroxyl groups is 1. The zero-order valence-electron chi connectivity index (χ0n) is 20.5. The van der Waals surface area contributed by atoms with Gasteiger partial charge in [-0.15, -0.1) is 0 Å². The van der Waals surface area contributed by atoms with Crippen LogP contribution in [0.2, 0.25) is 0 Å². The molecule has 38 heavy (non-hydrogen) atoms.